The zero-order valence-electron chi connectivity index (χ0n) is 16.3. The number of aryl methyl sites for hydroxylation is 1. The minimum Gasteiger partial charge on any atom is -0.468 e. The quantitative estimate of drug-likeness (QED) is 0.626. The van der Waals surface area contributed by atoms with Gasteiger partial charge in [-0.3, -0.25) is 9.59 Å². The third-order valence-electron chi connectivity index (χ3n) is 5.12. The van der Waals surface area contributed by atoms with Gasteiger partial charge in [-0.05, 0) is 55.0 Å². The number of benzene rings is 1. The van der Waals surface area contributed by atoms with E-state index in [0.717, 1.165) is 34.6 Å². The second kappa shape index (κ2) is 8.16. The van der Waals surface area contributed by atoms with Gasteiger partial charge in [-0.25, -0.2) is 9.97 Å². The molecule has 0 radical (unpaired) electrons. The number of carbonyl (C=O) groups excluding carboxylic acids is 2. The highest BCUT2D eigenvalue weighted by Gasteiger charge is 2.23. The van der Waals surface area contributed by atoms with Crippen LogP contribution in [0.2, 0.25) is 0 Å². The maximum atomic E-state index is 12.1. The Labute approximate surface area is 172 Å². The fraction of sp³-hybridized carbons (Fsp3) is 0.333. The fourth-order valence-electron chi connectivity index (χ4n) is 3.54. The number of anilines is 2. The van der Waals surface area contributed by atoms with E-state index in [0.29, 0.717) is 11.5 Å². The molecule has 29 heavy (non-hydrogen) atoms. The van der Waals surface area contributed by atoms with Crippen molar-refractivity contribution >= 4 is 44.9 Å². The van der Waals surface area contributed by atoms with E-state index in [-0.39, 0.29) is 12.5 Å². The number of amides is 1. The molecule has 1 aliphatic carbocycles. The van der Waals surface area contributed by atoms with Gasteiger partial charge < -0.3 is 15.4 Å². The van der Waals surface area contributed by atoms with Crippen molar-refractivity contribution in [2.75, 3.05) is 19.0 Å². The number of aromatic nitrogens is 2. The van der Waals surface area contributed by atoms with Crippen molar-refractivity contribution in [3.63, 3.8) is 0 Å². The number of thiophene rings is 1. The van der Waals surface area contributed by atoms with E-state index in [2.05, 4.69) is 32.3 Å². The first kappa shape index (κ1) is 19.3. The molecule has 0 fully saturated rings. The third-order valence-corrected chi connectivity index (χ3v) is 6.28. The van der Waals surface area contributed by atoms with Crippen LogP contribution >= 0.6 is 11.3 Å². The van der Waals surface area contributed by atoms with Crippen LogP contribution in [0.15, 0.2) is 30.6 Å². The summed E-state index contributed by atoms with van der Waals surface area (Å²) in [5.74, 6) is 0.688. The van der Waals surface area contributed by atoms with Crippen LogP contribution in [0.3, 0.4) is 0 Å². The maximum Gasteiger partial charge on any atom is 0.325 e. The number of fused-ring (bicyclic) bond motifs is 3. The molecule has 8 heteroatoms. The summed E-state index contributed by atoms with van der Waals surface area (Å²) in [6.07, 6.45) is 4.93. The molecule has 2 N–H and O–H groups in total. The molecule has 0 aliphatic heterocycles. The van der Waals surface area contributed by atoms with Crippen LogP contribution in [0, 0.1) is 5.92 Å². The van der Waals surface area contributed by atoms with Crippen LogP contribution in [-0.4, -0.2) is 35.5 Å². The fourth-order valence-corrected chi connectivity index (χ4v) is 4.89. The van der Waals surface area contributed by atoms with Crippen LogP contribution < -0.4 is 10.6 Å². The largest absolute Gasteiger partial charge is 0.468 e. The minimum atomic E-state index is -0.488. The van der Waals surface area contributed by atoms with Gasteiger partial charge in [-0.15, -0.1) is 11.3 Å². The Morgan fingerprint density at radius 1 is 1.24 bits per heavy atom. The number of methoxy groups -OCH3 is 1. The molecular formula is C21H22N4O3S. The number of esters is 1. The van der Waals surface area contributed by atoms with Gasteiger partial charge in [0, 0.05) is 16.1 Å². The average Bonchev–Trinajstić information content (AvgIpc) is 3.10. The summed E-state index contributed by atoms with van der Waals surface area (Å²) in [7, 11) is 1.28. The molecular weight excluding hydrogens is 388 g/mol. The molecule has 1 aliphatic rings. The molecule has 7 nitrogen and oxygen atoms in total. The van der Waals surface area contributed by atoms with Gasteiger partial charge in [0.2, 0.25) is 0 Å². The van der Waals surface area contributed by atoms with E-state index in [1.165, 1.54) is 24.0 Å². The number of rotatable bonds is 5. The average molecular weight is 410 g/mol. The number of hydrogen-bond donors (Lipinski definition) is 2. The van der Waals surface area contributed by atoms with Gasteiger partial charge in [-0.1, -0.05) is 6.92 Å². The minimum absolute atomic E-state index is 0.157. The van der Waals surface area contributed by atoms with E-state index in [1.54, 1.807) is 29.8 Å². The highest BCUT2D eigenvalue weighted by atomic mass is 32.1. The van der Waals surface area contributed by atoms with Crippen molar-refractivity contribution in [2.45, 2.75) is 26.2 Å². The first-order chi connectivity index (χ1) is 14.0. The van der Waals surface area contributed by atoms with Crippen LogP contribution in [0.4, 0.5) is 11.5 Å². The Bertz CT molecular complexity index is 1060. The van der Waals surface area contributed by atoms with Crippen molar-refractivity contribution < 1.29 is 14.3 Å². The Kier molecular flexibility index (Phi) is 5.44. The lowest BCUT2D eigenvalue weighted by molar-refractivity contribution is -0.139. The first-order valence-electron chi connectivity index (χ1n) is 9.52. The number of carbonyl (C=O) groups is 2. The normalized spacial score (nSPS) is 15.6. The van der Waals surface area contributed by atoms with Crippen LogP contribution in [-0.2, 0) is 22.4 Å². The summed E-state index contributed by atoms with van der Waals surface area (Å²) in [6.45, 7) is 2.14. The lowest BCUT2D eigenvalue weighted by atomic mass is 9.89. The summed E-state index contributed by atoms with van der Waals surface area (Å²) in [4.78, 5) is 34.6. The predicted octanol–water partition coefficient (Wildman–Crippen LogP) is 3.46. The Hall–Kier alpha value is -3.00. The number of hydrogen-bond acceptors (Lipinski definition) is 7. The van der Waals surface area contributed by atoms with Gasteiger partial charge in [0.15, 0.2) is 0 Å². The first-order valence-corrected chi connectivity index (χ1v) is 10.3. The highest BCUT2D eigenvalue weighted by molar-refractivity contribution is 7.19. The van der Waals surface area contributed by atoms with Gasteiger partial charge in [0.25, 0.3) is 5.91 Å². The van der Waals surface area contributed by atoms with Crippen molar-refractivity contribution in [1.29, 1.82) is 0 Å². The standard InChI is InChI=1S/C21H22N4O3S/c1-12-3-8-15-16(9-12)29-21-18(15)19(23-11-24-21)25-14-6-4-13(5-7-14)20(27)22-10-17(26)28-2/h4-7,11-12H,3,8-10H2,1-2H3,(H,22,27)(H,23,24,25)/t12-/m0/s1. The van der Waals surface area contributed by atoms with Crippen LogP contribution in [0.5, 0.6) is 0 Å². The smallest absolute Gasteiger partial charge is 0.325 e. The maximum absolute atomic E-state index is 12.1. The summed E-state index contributed by atoms with van der Waals surface area (Å²) in [5, 5.41) is 7.00. The molecule has 3 aromatic rings. The summed E-state index contributed by atoms with van der Waals surface area (Å²) in [6, 6.07) is 7.06. The molecule has 1 amide bonds. The van der Waals surface area contributed by atoms with Crippen molar-refractivity contribution in [3.05, 3.63) is 46.6 Å². The monoisotopic (exact) mass is 410 g/mol. The van der Waals surface area contributed by atoms with E-state index in [1.807, 2.05) is 12.1 Å². The molecule has 4 rings (SSSR count). The second-order valence-corrected chi connectivity index (χ2v) is 8.30. The molecule has 150 valence electrons. The van der Waals surface area contributed by atoms with Crippen molar-refractivity contribution in [2.24, 2.45) is 5.92 Å². The number of nitrogens with one attached hydrogen (secondary N) is 2. The summed E-state index contributed by atoms with van der Waals surface area (Å²) >= 11 is 1.76. The van der Waals surface area contributed by atoms with Gasteiger partial charge in [0.05, 0.1) is 12.5 Å². The predicted molar refractivity (Wildman–Crippen MR) is 113 cm³/mol. The summed E-state index contributed by atoms with van der Waals surface area (Å²) < 4.78 is 4.52. The Morgan fingerprint density at radius 2 is 2.03 bits per heavy atom. The zero-order valence-corrected chi connectivity index (χ0v) is 17.1. The lowest BCUT2D eigenvalue weighted by Crippen LogP contribution is -2.30. The van der Waals surface area contributed by atoms with Crippen LogP contribution in [0.25, 0.3) is 10.2 Å². The molecule has 0 unspecified atom stereocenters. The molecule has 0 saturated carbocycles. The molecule has 2 heterocycles. The van der Waals surface area contributed by atoms with Gasteiger partial charge >= 0.3 is 5.97 Å². The van der Waals surface area contributed by atoms with E-state index in [9.17, 15) is 9.59 Å². The van der Waals surface area contributed by atoms with E-state index in [4.69, 9.17) is 0 Å². The molecule has 0 spiro atoms. The van der Waals surface area contributed by atoms with E-state index < -0.39 is 5.97 Å². The Morgan fingerprint density at radius 3 is 2.79 bits per heavy atom. The van der Waals surface area contributed by atoms with Crippen molar-refractivity contribution in [3.8, 4) is 0 Å². The van der Waals surface area contributed by atoms with Crippen LogP contribution in [0.1, 0.15) is 34.1 Å². The second-order valence-electron chi connectivity index (χ2n) is 7.22. The number of nitrogens with zero attached hydrogens (tertiary/aromatic N) is 2. The third kappa shape index (κ3) is 4.07. The molecule has 0 bridgehead atoms. The lowest BCUT2D eigenvalue weighted by Gasteiger charge is -2.18. The SMILES string of the molecule is COC(=O)CNC(=O)c1ccc(Nc2ncnc3sc4c(c23)CC[C@H](C)C4)cc1. The van der Waals surface area contributed by atoms with Gasteiger partial charge in [0.1, 0.15) is 23.5 Å². The molecule has 1 aromatic carbocycles. The van der Waals surface area contributed by atoms with E-state index >= 15 is 0 Å². The van der Waals surface area contributed by atoms with Gasteiger partial charge in [-0.2, -0.15) is 0 Å². The molecule has 2 aromatic heterocycles. The summed E-state index contributed by atoms with van der Waals surface area (Å²) in [5.41, 5.74) is 2.66. The zero-order chi connectivity index (χ0) is 20.4. The Balaban J connectivity index is 1.53. The van der Waals surface area contributed by atoms with Crippen molar-refractivity contribution in [1.82, 2.24) is 15.3 Å². The molecule has 0 saturated heterocycles. The molecule has 1 atom stereocenters. The highest BCUT2D eigenvalue weighted by Crippen LogP contribution is 2.40. The number of ether oxygens (including phenoxy) is 1. The topological polar surface area (TPSA) is 93.2 Å².